The SMILES string of the molecule is CCCN(CCC)CC(C)(C)C(O)c1ccccc1. The Kier molecular flexibility index (Phi) is 6.53. The highest BCUT2D eigenvalue weighted by atomic mass is 16.3. The summed E-state index contributed by atoms with van der Waals surface area (Å²) in [5.74, 6) is 0. The van der Waals surface area contributed by atoms with Crippen molar-refractivity contribution in [2.24, 2.45) is 5.41 Å². The van der Waals surface area contributed by atoms with Crippen molar-refractivity contribution in [3.8, 4) is 0 Å². The Bertz CT molecular complexity index is 342. The molecule has 0 fully saturated rings. The smallest absolute Gasteiger partial charge is 0.0853 e. The molecule has 0 heterocycles. The molecule has 0 aromatic heterocycles. The number of benzene rings is 1. The second kappa shape index (κ2) is 7.66. The first-order valence-electron chi connectivity index (χ1n) is 7.46. The minimum absolute atomic E-state index is 0.133. The van der Waals surface area contributed by atoms with Gasteiger partial charge in [-0.05, 0) is 31.5 Å². The fraction of sp³-hybridized carbons (Fsp3) is 0.647. The van der Waals surface area contributed by atoms with Crippen LogP contribution in [0.15, 0.2) is 30.3 Å². The fourth-order valence-electron chi connectivity index (χ4n) is 2.65. The van der Waals surface area contributed by atoms with E-state index in [1.807, 2.05) is 30.3 Å². The molecule has 0 aliphatic rings. The summed E-state index contributed by atoms with van der Waals surface area (Å²) in [5.41, 5.74) is 0.881. The quantitative estimate of drug-likeness (QED) is 0.769. The molecule has 0 spiro atoms. The van der Waals surface area contributed by atoms with E-state index in [0.717, 1.165) is 38.0 Å². The van der Waals surface area contributed by atoms with Gasteiger partial charge in [0.2, 0.25) is 0 Å². The summed E-state index contributed by atoms with van der Waals surface area (Å²) in [7, 11) is 0. The summed E-state index contributed by atoms with van der Waals surface area (Å²) in [6.07, 6.45) is 1.92. The van der Waals surface area contributed by atoms with Crippen LogP contribution < -0.4 is 0 Å². The molecule has 1 N–H and O–H groups in total. The fourth-order valence-corrected chi connectivity index (χ4v) is 2.65. The van der Waals surface area contributed by atoms with E-state index in [4.69, 9.17) is 0 Å². The van der Waals surface area contributed by atoms with E-state index in [0.29, 0.717) is 0 Å². The van der Waals surface area contributed by atoms with Crippen molar-refractivity contribution in [3.05, 3.63) is 35.9 Å². The Balaban J connectivity index is 2.72. The molecule has 19 heavy (non-hydrogen) atoms. The summed E-state index contributed by atoms with van der Waals surface area (Å²) in [5, 5.41) is 10.6. The Morgan fingerprint density at radius 1 is 1.05 bits per heavy atom. The topological polar surface area (TPSA) is 23.5 Å². The number of aliphatic hydroxyl groups excluding tert-OH is 1. The van der Waals surface area contributed by atoms with Crippen LogP contribution in [0.25, 0.3) is 0 Å². The number of nitrogens with zero attached hydrogens (tertiary/aromatic N) is 1. The van der Waals surface area contributed by atoms with E-state index in [2.05, 4.69) is 32.6 Å². The van der Waals surface area contributed by atoms with Crippen LogP contribution in [0, 0.1) is 5.41 Å². The van der Waals surface area contributed by atoms with Gasteiger partial charge >= 0.3 is 0 Å². The molecule has 0 bridgehead atoms. The number of hydrogen-bond acceptors (Lipinski definition) is 2. The first-order valence-corrected chi connectivity index (χ1v) is 7.46. The second-order valence-corrected chi connectivity index (χ2v) is 6.08. The van der Waals surface area contributed by atoms with Gasteiger partial charge in [-0.3, -0.25) is 0 Å². The predicted octanol–water partition coefficient (Wildman–Crippen LogP) is 3.87. The molecule has 2 heteroatoms. The second-order valence-electron chi connectivity index (χ2n) is 6.08. The predicted molar refractivity (Wildman–Crippen MR) is 82.2 cm³/mol. The standard InChI is InChI=1S/C17H29NO/c1-5-12-18(13-6-2)14-17(3,4)16(19)15-10-8-7-9-11-15/h7-11,16,19H,5-6,12-14H2,1-4H3. The van der Waals surface area contributed by atoms with Gasteiger partial charge in [0.15, 0.2) is 0 Å². The Morgan fingerprint density at radius 3 is 2.05 bits per heavy atom. The zero-order chi connectivity index (χ0) is 14.3. The summed E-state index contributed by atoms with van der Waals surface area (Å²) >= 11 is 0. The minimum Gasteiger partial charge on any atom is -0.388 e. The van der Waals surface area contributed by atoms with Crippen molar-refractivity contribution < 1.29 is 5.11 Å². The first kappa shape index (κ1) is 16.2. The molecule has 1 aromatic rings. The molecule has 108 valence electrons. The highest BCUT2D eigenvalue weighted by Gasteiger charge is 2.30. The third-order valence-corrected chi connectivity index (χ3v) is 3.57. The van der Waals surface area contributed by atoms with E-state index in [1.54, 1.807) is 0 Å². The summed E-state index contributed by atoms with van der Waals surface area (Å²) < 4.78 is 0. The summed E-state index contributed by atoms with van der Waals surface area (Å²) in [6.45, 7) is 11.9. The van der Waals surface area contributed by atoms with Gasteiger partial charge in [0.05, 0.1) is 6.10 Å². The number of rotatable bonds is 8. The Morgan fingerprint density at radius 2 is 1.58 bits per heavy atom. The van der Waals surface area contributed by atoms with Crippen LogP contribution in [0.4, 0.5) is 0 Å². The Hall–Kier alpha value is -0.860. The number of hydrogen-bond donors (Lipinski definition) is 1. The average molecular weight is 263 g/mol. The molecular formula is C17H29NO. The molecule has 2 nitrogen and oxygen atoms in total. The maximum Gasteiger partial charge on any atom is 0.0853 e. The van der Waals surface area contributed by atoms with Crippen molar-refractivity contribution in [1.82, 2.24) is 4.90 Å². The van der Waals surface area contributed by atoms with Crippen LogP contribution in [0.1, 0.15) is 52.2 Å². The van der Waals surface area contributed by atoms with Gasteiger partial charge < -0.3 is 10.0 Å². The van der Waals surface area contributed by atoms with Crippen molar-refractivity contribution in [2.45, 2.75) is 46.6 Å². The minimum atomic E-state index is -0.412. The third kappa shape index (κ3) is 4.96. The molecule has 1 rings (SSSR count). The summed E-state index contributed by atoms with van der Waals surface area (Å²) in [6, 6.07) is 9.99. The molecular weight excluding hydrogens is 234 g/mol. The summed E-state index contributed by atoms with van der Waals surface area (Å²) in [4.78, 5) is 2.46. The number of aliphatic hydroxyl groups is 1. The monoisotopic (exact) mass is 263 g/mol. The van der Waals surface area contributed by atoms with E-state index >= 15 is 0 Å². The molecule has 0 aliphatic carbocycles. The van der Waals surface area contributed by atoms with Crippen molar-refractivity contribution in [2.75, 3.05) is 19.6 Å². The van der Waals surface area contributed by atoms with Crippen molar-refractivity contribution in [3.63, 3.8) is 0 Å². The lowest BCUT2D eigenvalue weighted by Crippen LogP contribution is -2.38. The lowest BCUT2D eigenvalue weighted by Gasteiger charge is -2.36. The molecule has 0 amide bonds. The van der Waals surface area contributed by atoms with Gasteiger partial charge in [-0.15, -0.1) is 0 Å². The van der Waals surface area contributed by atoms with Crippen molar-refractivity contribution in [1.29, 1.82) is 0 Å². The molecule has 0 saturated heterocycles. The van der Waals surface area contributed by atoms with Gasteiger partial charge in [0.1, 0.15) is 0 Å². The third-order valence-electron chi connectivity index (χ3n) is 3.57. The molecule has 1 aromatic carbocycles. The van der Waals surface area contributed by atoms with Crippen LogP contribution in [-0.2, 0) is 0 Å². The van der Waals surface area contributed by atoms with Gasteiger partial charge in [0, 0.05) is 12.0 Å². The van der Waals surface area contributed by atoms with Gasteiger partial charge in [-0.1, -0.05) is 58.0 Å². The Labute approximate surface area is 118 Å². The van der Waals surface area contributed by atoms with Crippen LogP contribution >= 0.6 is 0 Å². The van der Waals surface area contributed by atoms with Crippen molar-refractivity contribution >= 4 is 0 Å². The van der Waals surface area contributed by atoms with Crippen LogP contribution in [0.2, 0.25) is 0 Å². The van der Waals surface area contributed by atoms with Gasteiger partial charge in [0.25, 0.3) is 0 Å². The normalized spacial score (nSPS) is 13.8. The lowest BCUT2D eigenvalue weighted by molar-refractivity contribution is 0.0201. The van der Waals surface area contributed by atoms with E-state index in [1.165, 1.54) is 0 Å². The molecule has 1 unspecified atom stereocenters. The van der Waals surface area contributed by atoms with Crippen LogP contribution in [0.5, 0.6) is 0 Å². The molecule has 0 radical (unpaired) electrons. The zero-order valence-corrected chi connectivity index (χ0v) is 12.9. The maximum absolute atomic E-state index is 10.6. The van der Waals surface area contributed by atoms with Gasteiger partial charge in [-0.25, -0.2) is 0 Å². The van der Waals surface area contributed by atoms with E-state index < -0.39 is 6.10 Å². The average Bonchev–Trinajstić information content (AvgIpc) is 2.39. The molecule has 0 saturated carbocycles. The van der Waals surface area contributed by atoms with E-state index in [-0.39, 0.29) is 5.41 Å². The maximum atomic E-state index is 10.6. The molecule has 0 aliphatic heterocycles. The zero-order valence-electron chi connectivity index (χ0n) is 12.9. The highest BCUT2D eigenvalue weighted by molar-refractivity contribution is 5.19. The first-order chi connectivity index (χ1) is 9.01. The largest absolute Gasteiger partial charge is 0.388 e. The molecule has 1 atom stereocenters. The van der Waals surface area contributed by atoms with Crippen LogP contribution in [-0.4, -0.2) is 29.6 Å². The van der Waals surface area contributed by atoms with Gasteiger partial charge in [-0.2, -0.15) is 0 Å². The van der Waals surface area contributed by atoms with Crippen LogP contribution in [0.3, 0.4) is 0 Å². The highest BCUT2D eigenvalue weighted by Crippen LogP contribution is 2.34. The lowest BCUT2D eigenvalue weighted by atomic mass is 9.82. The van der Waals surface area contributed by atoms with E-state index in [9.17, 15) is 5.11 Å².